The van der Waals surface area contributed by atoms with Gasteiger partial charge < -0.3 is 24.4 Å². The topological polar surface area (TPSA) is 93.7 Å². The SMILES string of the molecule is Cc1ccccc1OCCN[C@H](C)Cc1ccc(CO)c(NS(=O)[O-])c1.Cl. The average molecular weight is 414 g/mol. The summed E-state index contributed by atoms with van der Waals surface area (Å²) in [7, 11) is 0. The molecule has 0 aromatic heterocycles. The highest BCUT2D eigenvalue weighted by Crippen LogP contribution is 2.19. The minimum atomic E-state index is -2.42. The number of nitrogens with one attached hydrogen (secondary N) is 2. The molecule has 0 heterocycles. The molecule has 2 atom stereocenters. The number of anilines is 1. The van der Waals surface area contributed by atoms with Gasteiger partial charge in [0.1, 0.15) is 12.4 Å². The van der Waals surface area contributed by atoms with Crippen molar-refractivity contribution in [1.82, 2.24) is 5.32 Å². The van der Waals surface area contributed by atoms with Crippen LogP contribution >= 0.6 is 12.4 Å². The van der Waals surface area contributed by atoms with Gasteiger partial charge in [-0.25, -0.2) is 0 Å². The average Bonchev–Trinajstić information content (AvgIpc) is 2.60. The normalized spacial score (nSPS) is 12.7. The summed E-state index contributed by atoms with van der Waals surface area (Å²) in [6, 6.07) is 13.5. The second-order valence-electron chi connectivity index (χ2n) is 6.16. The zero-order valence-corrected chi connectivity index (χ0v) is 17.1. The molecule has 0 bridgehead atoms. The molecule has 0 aliphatic heterocycles. The van der Waals surface area contributed by atoms with Crippen LogP contribution in [0.15, 0.2) is 42.5 Å². The summed E-state index contributed by atoms with van der Waals surface area (Å²) in [4.78, 5) is 0. The molecule has 150 valence electrons. The number of hydrogen-bond donors (Lipinski definition) is 3. The van der Waals surface area contributed by atoms with E-state index in [-0.39, 0.29) is 25.1 Å². The van der Waals surface area contributed by atoms with Crippen molar-refractivity contribution in [2.75, 3.05) is 17.9 Å². The van der Waals surface area contributed by atoms with Crippen molar-refractivity contribution in [1.29, 1.82) is 0 Å². The lowest BCUT2D eigenvalue weighted by Crippen LogP contribution is -2.31. The van der Waals surface area contributed by atoms with E-state index in [1.165, 1.54) is 0 Å². The van der Waals surface area contributed by atoms with E-state index in [1.54, 1.807) is 12.1 Å². The molecule has 0 aliphatic rings. The summed E-state index contributed by atoms with van der Waals surface area (Å²) in [5, 5.41) is 12.7. The van der Waals surface area contributed by atoms with E-state index in [1.807, 2.05) is 37.3 Å². The Labute approximate surface area is 169 Å². The van der Waals surface area contributed by atoms with E-state index in [0.29, 0.717) is 24.4 Å². The molecule has 2 aromatic rings. The van der Waals surface area contributed by atoms with E-state index in [0.717, 1.165) is 23.3 Å². The third kappa shape index (κ3) is 7.86. The highest BCUT2D eigenvalue weighted by molar-refractivity contribution is 7.80. The molecule has 0 amide bonds. The largest absolute Gasteiger partial charge is 0.755 e. The van der Waals surface area contributed by atoms with Crippen molar-refractivity contribution in [2.45, 2.75) is 32.9 Å². The first kappa shape index (κ1) is 23.4. The lowest BCUT2D eigenvalue weighted by Gasteiger charge is -2.17. The van der Waals surface area contributed by atoms with E-state index >= 15 is 0 Å². The Morgan fingerprint density at radius 2 is 2.00 bits per heavy atom. The molecule has 0 fully saturated rings. The van der Waals surface area contributed by atoms with Crippen LogP contribution in [0.1, 0.15) is 23.6 Å². The standard InChI is InChI=1S/C19H26N2O4S.ClH/c1-14-5-3-4-6-19(14)25-10-9-20-15(2)11-16-7-8-17(13-22)18(12-16)21-26(23)24;/h3-8,12,15,20-22H,9-11,13H2,1-2H3,(H,23,24);1H/p-1/t15-;/m1./s1. The van der Waals surface area contributed by atoms with Gasteiger partial charge in [0, 0.05) is 29.4 Å². The van der Waals surface area contributed by atoms with Crippen molar-refractivity contribution in [3.63, 3.8) is 0 Å². The Bertz CT molecular complexity index is 745. The van der Waals surface area contributed by atoms with Gasteiger partial charge in [-0.1, -0.05) is 30.3 Å². The summed E-state index contributed by atoms with van der Waals surface area (Å²) in [6.45, 7) is 5.14. The molecule has 2 aromatic carbocycles. The first-order valence-corrected chi connectivity index (χ1v) is 9.57. The Kier molecular flexibility index (Phi) is 10.4. The van der Waals surface area contributed by atoms with Crippen LogP contribution in [0, 0.1) is 6.92 Å². The first-order valence-electron chi connectivity index (χ1n) is 8.50. The van der Waals surface area contributed by atoms with Crippen molar-refractivity contribution in [3.05, 3.63) is 59.2 Å². The zero-order chi connectivity index (χ0) is 18.9. The predicted molar refractivity (Wildman–Crippen MR) is 110 cm³/mol. The van der Waals surface area contributed by atoms with E-state index < -0.39 is 11.3 Å². The molecule has 0 saturated heterocycles. The zero-order valence-electron chi connectivity index (χ0n) is 15.4. The van der Waals surface area contributed by atoms with Gasteiger partial charge in [-0.3, -0.25) is 4.21 Å². The Hall–Kier alpha value is -1.64. The van der Waals surface area contributed by atoms with Crippen molar-refractivity contribution in [2.24, 2.45) is 0 Å². The number of benzene rings is 2. The molecule has 8 heteroatoms. The quantitative estimate of drug-likeness (QED) is 0.411. The second-order valence-corrected chi connectivity index (χ2v) is 6.83. The molecular weight excluding hydrogens is 388 g/mol. The molecule has 1 unspecified atom stereocenters. The van der Waals surface area contributed by atoms with Gasteiger partial charge in [0.25, 0.3) is 0 Å². The monoisotopic (exact) mass is 413 g/mol. The molecule has 0 spiro atoms. The minimum Gasteiger partial charge on any atom is -0.755 e. The molecule has 6 nitrogen and oxygen atoms in total. The maximum absolute atomic E-state index is 10.9. The fourth-order valence-corrected chi connectivity index (χ4v) is 3.05. The maximum Gasteiger partial charge on any atom is 0.122 e. The van der Waals surface area contributed by atoms with Gasteiger partial charge in [0.15, 0.2) is 0 Å². The van der Waals surface area contributed by atoms with Crippen LogP contribution in [-0.4, -0.2) is 33.1 Å². The number of aliphatic hydroxyl groups is 1. The molecule has 0 aliphatic carbocycles. The van der Waals surface area contributed by atoms with E-state index in [4.69, 9.17) is 4.74 Å². The third-order valence-electron chi connectivity index (χ3n) is 4.03. The number of aryl methyl sites for hydroxylation is 1. The number of ether oxygens (including phenoxy) is 1. The van der Waals surface area contributed by atoms with Crippen LogP contribution in [0.5, 0.6) is 5.75 Å². The Morgan fingerprint density at radius 1 is 1.26 bits per heavy atom. The fourth-order valence-electron chi connectivity index (χ4n) is 2.68. The van der Waals surface area contributed by atoms with Gasteiger partial charge in [-0.05, 0) is 43.5 Å². The summed E-state index contributed by atoms with van der Waals surface area (Å²) in [5.41, 5.74) is 3.05. The Balaban J connectivity index is 0.00000364. The number of rotatable bonds is 10. The van der Waals surface area contributed by atoms with Gasteiger partial charge in [-0.15, -0.1) is 12.4 Å². The predicted octanol–water partition coefficient (Wildman–Crippen LogP) is 2.71. The molecule has 3 N–H and O–H groups in total. The highest BCUT2D eigenvalue weighted by atomic mass is 35.5. The van der Waals surface area contributed by atoms with Crippen LogP contribution in [0.2, 0.25) is 0 Å². The van der Waals surface area contributed by atoms with Crippen molar-refractivity contribution >= 4 is 29.4 Å². The van der Waals surface area contributed by atoms with Gasteiger partial charge in [-0.2, -0.15) is 0 Å². The molecule has 2 rings (SSSR count). The summed E-state index contributed by atoms with van der Waals surface area (Å²) < 4.78 is 29.8. The van der Waals surface area contributed by atoms with Crippen molar-refractivity contribution in [3.8, 4) is 5.75 Å². The number of hydrogen-bond acceptors (Lipinski definition) is 5. The molecule has 0 radical (unpaired) electrons. The van der Waals surface area contributed by atoms with Crippen LogP contribution < -0.4 is 14.8 Å². The number of para-hydroxylation sites is 1. The lowest BCUT2D eigenvalue weighted by atomic mass is 10.0. The summed E-state index contributed by atoms with van der Waals surface area (Å²) in [5.74, 6) is 0.892. The van der Waals surface area contributed by atoms with Gasteiger partial charge in [0.05, 0.1) is 12.3 Å². The van der Waals surface area contributed by atoms with Crippen LogP contribution in [0.25, 0.3) is 0 Å². The smallest absolute Gasteiger partial charge is 0.122 e. The Morgan fingerprint density at radius 3 is 2.67 bits per heavy atom. The summed E-state index contributed by atoms with van der Waals surface area (Å²) in [6.07, 6.45) is 0.732. The van der Waals surface area contributed by atoms with Gasteiger partial charge >= 0.3 is 0 Å². The molecule has 0 saturated carbocycles. The van der Waals surface area contributed by atoms with Crippen molar-refractivity contribution < 1.29 is 18.6 Å². The van der Waals surface area contributed by atoms with Crippen LogP contribution in [0.3, 0.4) is 0 Å². The van der Waals surface area contributed by atoms with E-state index in [2.05, 4.69) is 17.0 Å². The second kappa shape index (κ2) is 11.9. The third-order valence-corrected chi connectivity index (χ3v) is 4.41. The summed E-state index contributed by atoms with van der Waals surface area (Å²) >= 11 is -2.42. The minimum absolute atomic E-state index is 0. The van der Waals surface area contributed by atoms with Crippen LogP contribution in [0.4, 0.5) is 5.69 Å². The maximum atomic E-state index is 10.9. The van der Waals surface area contributed by atoms with Crippen LogP contribution in [-0.2, 0) is 24.3 Å². The lowest BCUT2D eigenvalue weighted by molar-refractivity contribution is 0.282. The molecular formula is C19H26ClN2O4S-. The highest BCUT2D eigenvalue weighted by Gasteiger charge is 2.07. The van der Waals surface area contributed by atoms with E-state index in [9.17, 15) is 13.9 Å². The van der Waals surface area contributed by atoms with Gasteiger partial charge in [0.2, 0.25) is 0 Å². The molecule has 27 heavy (non-hydrogen) atoms. The first-order chi connectivity index (χ1) is 12.5. The fraction of sp³-hybridized carbons (Fsp3) is 0.368. The number of aliphatic hydroxyl groups excluding tert-OH is 1. The number of halogens is 1.